The van der Waals surface area contributed by atoms with Gasteiger partial charge in [-0.25, -0.2) is 13.1 Å². The molecule has 0 aromatic heterocycles. The van der Waals surface area contributed by atoms with Crippen molar-refractivity contribution < 1.29 is 27.5 Å². The van der Waals surface area contributed by atoms with Gasteiger partial charge in [0.05, 0.1) is 24.7 Å². The maximum absolute atomic E-state index is 12.5. The molecule has 0 saturated heterocycles. The van der Waals surface area contributed by atoms with E-state index in [9.17, 15) is 18.0 Å². The number of carbonyl (C=O) groups is 2. The van der Waals surface area contributed by atoms with Crippen molar-refractivity contribution >= 4 is 37.8 Å². The van der Waals surface area contributed by atoms with Gasteiger partial charge in [-0.05, 0) is 65.2 Å². The van der Waals surface area contributed by atoms with Crippen LogP contribution in [0, 0.1) is 0 Å². The normalized spacial score (nSPS) is 13.4. The number of nitrogens with one attached hydrogen (secondary N) is 3. The van der Waals surface area contributed by atoms with E-state index in [1.54, 1.807) is 6.07 Å². The molecule has 2 amide bonds. The minimum Gasteiger partial charge on any atom is -0.493 e. The van der Waals surface area contributed by atoms with Gasteiger partial charge in [0, 0.05) is 16.1 Å². The zero-order chi connectivity index (χ0) is 21.9. The number of amides is 2. The second kappa shape index (κ2) is 9.02. The number of sulfonamides is 1. The molecule has 2 aromatic carbocycles. The Hall–Kier alpha value is -2.63. The molecule has 11 heteroatoms. The number of hydrogen-bond donors (Lipinski definition) is 3. The van der Waals surface area contributed by atoms with Crippen LogP contribution >= 0.6 is 15.9 Å². The van der Waals surface area contributed by atoms with Crippen LogP contribution in [0.25, 0.3) is 0 Å². The molecule has 30 heavy (non-hydrogen) atoms. The predicted molar refractivity (Wildman–Crippen MR) is 112 cm³/mol. The van der Waals surface area contributed by atoms with E-state index in [0.29, 0.717) is 16.0 Å². The van der Waals surface area contributed by atoms with E-state index >= 15 is 0 Å². The van der Waals surface area contributed by atoms with Gasteiger partial charge in [0.1, 0.15) is 0 Å². The molecule has 0 bridgehead atoms. The number of hydrazine groups is 1. The number of halogens is 1. The molecule has 3 N–H and O–H groups in total. The molecule has 2 aromatic rings. The molecular weight excluding hydrogens is 478 g/mol. The highest BCUT2D eigenvalue weighted by molar-refractivity contribution is 9.10. The largest absolute Gasteiger partial charge is 0.493 e. The van der Waals surface area contributed by atoms with E-state index in [1.807, 2.05) is 0 Å². The average Bonchev–Trinajstić information content (AvgIpc) is 3.54. The fraction of sp³-hybridized carbons (Fsp3) is 0.263. The lowest BCUT2D eigenvalue weighted by atomic mass is 10.2. The monoisotopic (exact) mass is 497 g/mol. The lowest BCUT2D eigenvalue weighted by molar-refractivity contribution is 0.0846. The van der Waals surface area contributed by atoms with Crippen molar-refractivity contribution in [3.63, 3.8) is 0 Å². The van der Waals surface area contributed by atoms with Crippen LogP contribution in [0.4, 0.5) is 0 Å². The third-order valence-corrected chi connectivity index (χ3v) is 6.54. The van der Waals surface area contributed by atoms with Gasteiger partial charge < -0.3 is 9.47 Å². The average molecular weight is 498 g/mol. The summed E-state index contributed by atoms with van der Waals surface area (Å²) in [5.41, 5.74) is 4.86. The van der Waals surface area contributed by atoms with Gasteiger partial charge in [0.2, 0.25) is 10.0 Å². The fourth-order valence-electron chi connectivity index (χ4n) is 2.56. The SMILES string of the molecule is COc1ccc(C(=O)NNC(=O)c2cc(S(=O)(=O)NC3CC3)ccc2Br)cc1OC. The van der Waals surface area contributed by atoms with E-state index < -0.39 is 21.8 Å². The highest BCUT2D eigenvalue weighted by Gasteiger charge is 2.28. The van der Waals surface area contributed by atoms with Crippen LogP contribution in [0.15, 0.2) is 45.8 Å². The first kappa shape index (κ1) is 22.1. The van der Waals surface area contributed by atoms with E-state index in [2.05, 4.69) is 31.5 Å². The molecule has 0 atom stereocenters. The summed E-state index contributed by atoms with van der Waals surface area (Å²) in [5, 5.41) is 0. The maximum Gasteiger partial charge on any atom is 0.270 e. The Kier molecular flexibility index (Phi) is 6.64. The van der Waals surface area contributed by atoms with E-state index in [1.165, 1.54) is 44.6 Å². The number of hydrogen-bond acceptors (Lipinski definition) is 6. The quantitative estimate of drug-likeness (QED) is 0.502. The van der Waals surface area contributed by atoms with Crippen LogP contribution in [0.3, 0.4) is 0 Å². The molecular formula is C19H20BrN3O6S. The Bertz CT molecular complexity index is 1090. The smallest absolute Gasteiger partial charge is 0.270 e. The first-order valence-corrected chi connectivity index (χ1v) is 11.2. The van der Waals surface area contributed by atoms with Gasteiger partial charge in [-0.3, -0.25) is 20.4 Å². The van der Waals surface area contributed by atoms with Crippen molar-refractivity contribution in [2.24, 2.45) is 0 Å². The first-order valence-electron chi connectivity index (χ1n) is 8.89. The van der Waals surface area contributed by atoms with E-state index in [4.69, 9.17) is 9.47 Å². The molecule has 0 heterocycles. The molecule has 3 rings (SSSR count). The van der Waals surface area contributed by atoms with E-state index in [-0.39, 0.29) is 22.1 Å². The van der Waals surface area contributed by atoms with Gasteiger partial charge in [-0.2, -0.15) is 0 Å². The van der Waals surface area contributed by atoms with E-state index in [0.717, 1.165) is 12.8 Å². The molecule has 0 unspecified atom stereocenters. The lowest BCUT2D eigenvalue weighted by Crippen LogP contribution is -2.41. The van der Waals surface area contributed by atoms with Crippen molar-refractivity contribution in [3.8, 4) is 11.5 Å². The predicted octanol–water partition coefficient (Wildman–Crippen LogP) is 1.98. The summed E-state index contributed by atoms with van der Waals surface area (Å²) in [7, 11) is -0.804. The molecule has 0 spiro atoms. The molecule has 0 aliphatic heterocycles. The second-order valence-corrected chi connectivity index (χ2v) is 9.08. The Labute approximate surface area is 182 Å². The molecule has 1 saturated carbocycles. The fourth-order valence-corrected chi connectivity index (χ4v) is 4.32. The third-order valence-electron chi connectivity index (χ3n) is 4.33. The molecule has 1 aliphatic rings. The molecule has 1 aliphatic carbocycles. The number of carbonyl (C=O) groups excluding carboxylic acids is 2. The maximum atomic E-state index is 12.5. The third kappa shape index (κ3) is 5.10. The van der Waals surface area contributed by atoms with Crippen molar-refractivity contribution in [2.75, 3.05) is 14.2 Å². The van der Waals surface area contributed by atoms with Gasteiger partial charge in [0.25, 0.3) is 11.8 Å². The van der Waals surface area contributed by atoms with Gasteiger partial charge in [0.15, 0.2) is 11.5 Å². The zero-order valence-electron chi connectivity index (χ0n) is 16.2. The molecule has 160 valence electrons. The minimum absolute atomic E-state index is 0.0334. The Morgan fingerprint density at radius 3 is 2.27 bits per heavy atom. The summed E-state index contributed by atoms with van der Waals surface area (Å²) in [4.78, 5) is 24.8. The second-order valence-electron chi connectivity index (χ2n) is 6.52. The van der Waals surface area contributed by atoms with Gasteiger partial charge >= 0.3 is 0 Å². The van der Waals surface area contributed by atoms with Crippen molar-refractivity contribution in [1.29, 1.82) is 0 Å². The summed E-state index contributed by atoms with van der Waals surface area (Å²) in [6, 6.07) is 8.58. The van der Waals surface area contributed by atoms with Crippen LogP contribution in [0.5, 0.6) is 11.5 Å². The van der Waals surface area contributed by atoms with Crippen LogP contribution in [0.1, 0.15) is 33.6 Å². The molecule has 0 radical (unpaired) electrons. The summed E-state index contributed by atoms with van der Waals surface area (Å²) in [6.07, 6.45) is 1.59. The summed E-state index contributed by atoms with van der Waals surface area (Å²) >= 11 is 3.23. The standard InChI is InChI=1S/C19H20BrN3O6S/c1-28-16-8-3-11(9-17(16)29-2)18(24)21-22-19(25)14-10-13(6-7-15(14)20)30(26,27)23-12-4-5-12/h3,6-10,12,23H,4-5H2,1-2H3,(H,21,24)(H,22,25). The van der Waals surface area contributed by atoms with Crippen LogP contribution < -0.4 is 25.0 Å². The topological polar surface area (TPSA) is 123 Å². The van der Waals surface area contributed by atoms with Gasteiger partial charge in [-0.1, -0.05) is 0 Å². The summed E-state index contributed by atoms with van der Waals surface area (Å²) in [5.74, 6) is -0.445. The van der Waals surface area contributed by atoms with Crippen molar-refractivity contribution in [1.82, 2.24) is 15.6 Å². The lowest BCUT2D eigenvalue weighted by Gasteiger charge is -2.12. The van der Waals surface area contributed by atoms with Crippen LogP contribution in [0.2, 0.25) is 0 Å². The summed E-state index contributed by atoms with van der Waals surface area (Å²) in [6.45, 7) is 0. The number of benzene rings is 2. The number of methoxy groups -OCH3 is 2. The van der Waals surface area contributed by atoms with Crippen LogP contribution in [-0.4, -0.2) is 40.5 Å². The zero-order valence-corrected chi connectivity index (χ0v) is 18.6. The van der Waals surface area contributed by atoms with Crippen molar-refractivity contribution in [3.05, 3.63) is 52.0 Å². The Morgan fingerprint density at radius 1 is 0.967 bits per heavy atom. The number of rotatable bonds is 7. The first-order chi connectivity index (χ1) is 14.2. The summed E-state index contributed by atoms with van der Waals surface area (Å²) < 4.78 is 38.0. The molecule has 9 nitrogen and oxygen atoms in total. The van der Waals surface area contributed by atoms with Crippen LogP contribution in [-0.2, 0) is 10.0 Å². The minimum atomic E-state index is -3.72. The highest BCUT2D eigenvalue weighted by atomic mass is 79.9. The Balaban J connectivity index is 1.71. The highest BCUT2D eigenvalue weighted by Crippen LogP contribution is 2.27. The number of ether oxygens (including phenoxy) is 2. The molecule has 1 fully saturated rings. The van der Waals surface area contributed by atoms with Crippen molar-refractivity contribution in [2.45, 2.75) is 23.8 Å². The Morgan fingerprint density at radius 2 is 1.63 bits per heavy atom. The van der Waals surface area contributed by atoms with Gasteiger partial charge in [-0.15, -0.1) is 0 Å².